The molecule has 4 nitrogen and oxygen atoms in total. The van der Waals surface area contributed by atoms with Crippen LogP contribution in [-0.2, 0) is 4.79 Å². The summed E-state index contributed by atoms with van der Waals surface area (Å²) in [6, 6.07) is 3.61. The van der Waals surface area contributed by atoms with E-state index in [1.54, 1.807) is 13.0 Å². The highest BCUT2D eigenvalue weighted by Crippen LogP contribution is 2.22. The summed E-state index contributed by atoms with van der Waals surface area (Å²) in [5.74, 6) is -1.39. The number of carbonyl (C=O) groups is 2. The average molecular weight is 328 g/mol. The van der Waals surface area contributed by atoms with Crippen LogP contribution < -0.4 is 5.32 Å². The van der Waals surface area contributed by atoms with Gasteiger partial charge in [-0.3, -0.25) is 4.79 Å². The van der Waals surface area contributed by atoms with Gasteiger partial charge < -0.3 is 10.4 Å². The maximum atomic E-state index is 12.2. The monoisotopic (exact) mass is 327 g/mol. The number of aliphatic carboxylic acids is 1. The van der Waals surface area contributed by atoms with Crippen LogP contribution in [0.25, 0.3) is 0 Å². The molecule has 1 unspecified atom stereocenters. The largest absolute Gasteiger partial charge is 0.480 e. The third-order valence-electron chi connectivity index (χ3n) is 3.32. The van der Waals surface area contributed by atoms with Crippen molar-refractivity contribution in [2.75, 3.05) is 0 Å². The molecule has 0 spiro atoms. The molecule has 0 saturated carbocycles. The van der Waals surface area contributed by atoms with E-state index in [2.05, 4.69) is 21.2 Å². The van der Waals surface area contributed by atoms with Gasteiger partial charge >= 0.3 is 5.97 Å². The van der Waals surface area contributed by atoms with Crippen LogP contribution in [0.4, 0.5) is 0 Å². The number of benzene rings is 1. The standard InChI is InChI=1S/C14H18BrNO3/c1-5-14(4,13(18)19)16-12(17)10-6-9(3)11(15)7-8(10)2/h6-7H,5H2,1-4H3,(H,16,17)(H,18,19). The van der Waals surface area contributed by atoms with Crippen molar-refractivity contribution in [1.29, 1.82) is 0 Å². The molecule has 1 rings (SSSR count). The van der Waals surface area contributed by atoms with Crippen molar-refractivity contribution >= 4 is 27.8 Å². The van der Waals surface area contributed by atoms with Crippen LogP contribution in [0.5, 0.6) is 0 Å². The van der Waals surface area contributed by atoms with Gasteiger partial charge in [0.05, 0.1) is 0 Å². The maximum Gasteiger partial charge on any atom is 0.329 e. The first kappa shape index (κ1) is 15.7. The molecule has 0 radical (unpaired) electrons. The molecule has 1 amide bonds. The number of hydrogen-bond acceptors (Lipinski definition) is 2. The molecule has 0 heterocycles. The summed E-state index contributed by atoms with van der Waals surface area (Å²) in [6.07, 6.45) is 0.322. The average Bonchev–Trinajstić information content (AvgIpc) is 2.33. The lowest BCUT2D eigenvalue weighted by Gasteiger charge is -2.25. The predicted molar refractivity (Wildman–Crippen MR) is 77.4 cm³/mol. The minimum absolute atomic E-state index is 0.322. The highest BCUT2D eigenvalue weighted by Gasteiger charge is 2.33. The molecular weight excluding hydrogens is 310 g/mol. The van der Waals surface area contributed by atoms with Gasteiger partial charge in [-0.15, -0.1) is 0 Å². The highest BCUT2D eigenvalue weighted by molar-refractivity contribution is 9.10. The van der Waals surface area contributed by atoms with Crippen molar-refractivity contribution in [3.05, 3.63) is 33.3 Å². The van der Waals surface area contributed by atoms with Crippen LogP contribution in [0.1, 0.15) is 41.8 Å². The lowest BCUT2D eigenvalue weighted by atomic mass is 9.97. The highest BCUT2D eigenvalue weighted by atomic mass is 79.9. The Hall–Kier alpha value is -1.36. The lowest BCUT2D eigenvalue weighted by molar-refractivity contribution is -0.143. The Morgan fingerprint density at radius 1 is 1.32 bits per heavy atom. The van der Waals surface area contributed by atoms with Gasteiger partial charge in [0, 0.05) is 10.0 Å². The summed E-state index contributed by atoms with van der Waals surface area (Å²) >= 11 is 3.40. The number of rotatable bonds is 4. The Labute approximate surface area is 121 Å². The van der Waals surface area contributed by atoms with E-state index >= 15 is 0 Å². The van der Waals surface area contributed by atoms with Crippen molar-refractivity contribution in [3.8, 4) is 0 Å². The molecule has 0 aliphatic heterocycles. The number of halogens is 1. The minimum atomic E-state index is -1.25. The molecule has 0 aliphatic carbocycles. The Morgan fingerprint density at radius 3 is 2.37 bits per heavy atom. The summed E-state index contributed by atoms with van der Waals surface area (Å²) in [4.78, 5) is 23.4. The van der Waals surface area contributed by atoms with Crippen LogP contribution in [0, 0.1) is 13.8 Å². The summed E-state index contributed by atoms with van der Waals surface area (Å²) in [5, 5.41) is 11.8. The fourth-order valence-corrected chi connectivity index (χ4v) is 2.09. The smallest absolute Gasteiger partial charge is 0.329 e. The molecule has 1 aromatic carbocycles. The van der Waals surface area contributed by atoms with E-state index in [0.717, 1.165) is 15.6 Å². The molecule has 19 heavy (non-hydrogen) atoms. The van der Waals surface area contributed by atoms with Gasteiger partial charge in [0.1, 0.15) is 5.54 Å². The number of amides is 1. The quantitative estimate of drug-likeness (QED) is 0.893. The van der Waals surface area contributed by atoms with Crippen LogP contribution in [0.3, 0.4) is 0 Å². The molecule has 0 saturated heterocycles. The van der Waals surface area contributed by atoms with E-state index in [0.29, 0.717) is 12.0 Å². The second-order valence-electron chi connectivity index (χ2n) is 4.86. The predicted octanol–water partition coefficient (Wildman–Crippen LogP) is 3.05. The van der Waals surface area contributed by atoms with Crippen LogP contribution in [-0.4, -0.2) is 22.5 Å². The van der Waals surface area contributed by atoms with E-state index in [-0.39, 0.29) is 5.91 Å². The molecule has 0 aromatic heterocycles. The van der Waals surface area contributed by atoms with Crippen molar-refractivity contribution < 1.29 is 14.7 Å². The molecule has 2 N–H and O–H groups in total. The third-order valence-corrected chi connectivity index (χ3v) is 4.17. The van der Waals surface area contributed by atoms with E-state index < -0.39 is 11.5 Å². The first-order valence-corrected chi connectivity index (χ1v) is 6.83. The second kappa shape index (κ2) is 5.74. The van der Waals surface area contributed by atoms with Gasteiger partial charge in [-0.05, 0) is 50.5 Å². The Balaban J connectivity index is 3.08. The normalized spacial score (nSPS) is 13.7. The molecule has 0 fully saturated rings. The third kappa shape index (κ3) is 3.35. The van der Waals surface area contributed by atoms with Crippen molar-refractivity contribution in [2.24, 2.45) is 0 Å². The summed E-state index contributed by atoms with van der Waals surface area (Å²) in [7, 11) is 0. The fourth-order valence-electron chi connectivity index (χ4n) is 1.64. The van der Waals surface area contributed by atoms with Crippen molar-refractivity contribution in [3.63, 3.8) is 0 Å². The van der Waals surface area contributed by atoms with Gasteiger partial charge in [0.25, 0.3) is 5.91 Å². The first-order valence-electron chi connectivity index (χ1n) is 6.04. The SMILES string of the molecule is CCC(C)(NC(=O)c1cc(C)c(Br)cc1C)C(=O)O. The number of hydrogen-bond donors (Lipinski definition) is 2. The van der Waals surface area contributed by atoms with E-state index in [4.69, 9.17) is 0 Å². The van der Waals surface area contributed by atoms with Crippen molar-refractivity contribution in [1.82, 2.24) is 5.32 Å². The summed E-state index contributed by atoms with van der Waals surface area (Å²) < 4.78 is 0.929. The molecule has 0 bridgehead atoms. The van der Waals surface area contributed by atoms with Crippen LogP contribution in [0.15, 0.2) is 16.6 Å². The number of nitrogens with one attached hydrogen (secondary N) is 1. The molecule has 0 aliphatic rings. The molecule has 1 aromatic rings. The number of carboxylic acid groups (broad SMARTS) is 1. The molecule has 104 valence electrons. The summed E-state index contributed by atoms with van der Waals surface area (Å²) in [5.41, 5.74) is 0.995. The Bertz CT molecular complexity index is 528. The minimum Gasteiger partial charge on any atom is -0.480 e. The first-order chi connectivity index (χ1) is 8.71. The van der Waals surface area contributed by atoms with Gasteiger partial charge in [0.15, 0.2) is 0 Å². The fraction of sp³-hybridized carbons (Fsp3) is 0.429. The number of aryl methyl sites for hydroxylation is 2. The summed E-state index contributed by atoms with van der Waals surface area (Å²) in [6.45, 7) is 6.95. The lowest BCUT2D eigenvalue weighted by Crippen LogP contribution is -2.51. The maximum absolute atomic E-state index is 12.2. The van der Waals surface area contributed by atoms with Crippen molar-refractivity contribution in [2.45, 2.75) is 39.7 Å². The zero-order valence-corrected chi connectivity index (χ0v) is 13.1. The number of carbonyl (C=O) groups excluding carboxylic acids is 1. The van der Waals surface area contributed by atoms with Gasteiger partial charge in [0.2, 0.25) is 0 Å². The molecule has 1 atom stereocenters. The van der Waals surface area contributed by atoms with E-state index in [1.807, 2.05) is 19.9 Å². The Morgan fingerprint density at radius 2 is 1.89 bits per heavy atom. The van der Waals surface area contributed by atoms with Gasteiger partial charge in [-0.2, -0.15) is 0 Å². The molecular formula is C14H18BrNO3. The van der Waals surface area contributed by atoms with Gasteiger partial charge in [-0.25, -0.2) is 4.79 Å². The van der Waals surface area contributed by atoms with E-state index in [1.165, 1.54) is 6.92 Å². The van der Waals surface area contributed by atoms with Gasteiger partial charge in [-0.1, -0.05) is 22.9 Å². The number of carboxylic acids is 1. The van der Waals surface area contributed by atoms with E-state index in [9.17, 15) is 14.7 Å². The Kier molecular flexibility index (Phi) is 4.74. The zero-order valence-electron chi connectivity index (χ0n) is 11.5. The van der Waals surface area contributed by atoms with Crippen LogP contribution in [0.2, 0.25) is 0 Å². The molecule has 5 heteroatoms. The topological polar surface area (TPSA) is 66.4 Å². The zero-order chi connectivity index (χ0) is 14.8. The van der Waals surface area contributed by atoms with Crippen LogP contribution >= 0.6 is 15.9 Å². The second-order valence-corrected chi connectivity index (χ2v) is 5.72.